The number of likely N-dealkylation sites (tertiary alicyclic amines) is 1. The van der Waals surface area contributed by atoms with Crippen LogP contribution in [0.5, 0.6) is 0 Å². The highest BCUT2D eigenvalue weighted by molar-refractivity contribution is 5.92. The molecule has 2 saturated heterocycles. The van der Waals surface area contributed by atoms with Crippen molar-refractivity contribution in [3.63, 3.8) is 0 Å². The number of nitrogens with zero attached hydrogens (tertiary/aromatic N) is 4. The summed E-state index contributed by atoms with van der Waals surface area (Å²) >= 11 is 0. The zero-order valence-electron chi connectivity index (χ0n) is 15.9. The van der Waals surface area contributed by atoms with E-state index in [9.17, 15) is 4.79 Å². The lowest BCUT2D eigenvalue weighted by molar-refractivity contribution is 0.0617. The second kappa shape index (κ2) is 7.68. The van der Waals surface area contributed by atoms with Crippen molar-refractivity contribution < 1.29 is 9.53 Å². The Bertz CT molecular complexity index is 603. The van der Waals surface area contributed by atoms with Gasteiger partial charge >= 0.3 is 0 Å². The molecule has 0 aliphatic carbocycles. The fourth-order valence-corrected chi connectivity index (χ4v) is 3.75. The number of hydrogen-bond acceptors (Lipinski definition) is 5. The topological polar surface area (TPSA) is 58.6 Å². The number of carbonyl (C=O) groups is 1. The summed E-state index contributed by atoms with van der Waals surface area (Å²) in [5.41, 5.74) is 1.46. The molecule has 0 unspecified atom stereocenters. The van der Waals surface area contributed by atoms with Crippen LogP contribution < -0.4 is 4.90 Å². The van der Waals surface area contributed by atoms with Gasteiger partial charge in [-0.2, -0.15) is 0 Å². The van der Waals surface area contributed by atoms with Gasteiger partial charge in [-0.1, -0.05) is 27.7 Å². The average molecular weight is 346 g/mol. The largest absolute Gasteiger partial charge is 0.378 e. The number of ether oxygens (including phenoxy) is 1. The maximum absolute atomic E-state index is 13.1. The number of aromatic nitrogens is 2. The van der Waals surface area contributed by atoms with Crippen LogP contribution in [-0.2, 0) is 4.74 Å². The van der Waals surface area contributed by atoms with Gasteiger partial charge in [0, 0.05) is 31.9 Å². The first kappa shape index (κ1) is 18.1. The third-order valence-electron chi connectivity index (χ3n) is 4.99. The van der Waals surface area contributed by atoms with Gasteiger partial charge in [0.15, 0.2) is 0 Å². The molecule has 0 radical (unpaired) electrons. The summed E-state index contributed by atoms with van der Waals surface area (Å²) in [6.07, 6.45) is 1.18. The summed E-state index contributed by atoms with van der Waals surface area (Å²) in [5.74, 6) is 2.04. The third kappa shape index (κ3) is 4.29. The molecular weight excluding hydrogens is 316 g/mol. The van der Waals surface area contributed by atoms with Crippen LogP contribution in [-0.4, -0.2) is 60.2 Å². The minimum absolute atomic E-state index is 0.0391. The lowest BCUT2D eigenvalue weighted by atomic mass is 9.91. The fourth-order valence-electron chi connectivity index (χ4n) is 3.75. The second-order valence-electron chi connectivity index (χ2n) is 7.89. The number of hydrogen-bond donors (Lipinski definition) is 0. The molecule has 0 aromatic carbocycles. The molecule has 6 heteroatoms. The van der Waals surface area contributed by atoms with Crippen molar-refractivity contribution in [2.45, 2.75) is 40.0 Å². The summed E-state index contributed by atoms with van der Waals surface area (Å²) in [7, 11) is 0. The van der Waals surface area contributed by atoms with Gasteiger partial charge in [0.2, 0.25) is 5.95 Å². The van der Waals surface area contributed by atoms with Crippen LogP contribution >= 0.6 is 0 Å². The molecule has 2 aliphatic rings. The Morgan fingerprint density at radius 3 is 2.40 bits per heavy atom. The minimum atomic E-state index is 0.0391. The zero-order valence-corrected chi connectivity index (χ0v) is 15.9. The van der Waals surface area contributed by atoms with E-state index in [1.165, 1.54) is 6.42 Å². The van der Waals surface area contributed by atoms with Gasteiger partial charge in [-0.05, 0) is 30.2 Å². The van der Waals surface area contributed by atoms with Crippen molar-refractivity contribution in [2.75, 3.05) is 44.3 Å². The number of morpholine rings is 1. The number of rotatable bonds is 3. The molecule has 1 amide bonds. The van der Waals surface area contributed by atoms with E-state index in [2.05, 4.69) is 37.6 Å². The highest BCUT2D eigenvalue weighted by Gasteiger charge is 2.28. The van der Waals surface area contributed by atoms with Gasteiger partial charge in [-0.3, -0.25) is 4.79 Å². The van der Waals surface area contributed by atoms with E-state index in [1.807, 2.05) is 11.0 Å². The van der Waals surface area contributed by atoms with Gasteiger partial charge in [0.05, 0.1) is 13.2 Å². The molecule has 3 heterocycles. The van der Waals surface area contributed by atoms with Crippen LogP contribution in [0.3, 0.4) is 0 Å². The molecule has 0 saturated carbocycles. The van der Waals surface area contributed by atoms with Crippen molar-refractivity contribution in [3.8, 4) is 0 Å². The van der Waals surface area contributed by atoms with Crippen LogP contribution in [0.1, 0.15) is 56.2 Å². The van der Waals surface area contributed by atoms with E-state index < -0.39 is 0 Å². The highest BCUT2D eigenvalue weighted by Crippen LogP contribution is 2.24. The number of carbonyl (C=O) groups excluding carboxylic acids is 1. The Balaban J connectivity index is 1.88. The lowest BCUT2D eigenvalue weighted by Crippen LogP contribution is -2.43. The molecule has 0 spiro atoms. The summed E-state index contributed by atoms with van der Waals surface area (Å²) in [6.45, 7) is 13.2. The first-order chi connectivity index (χ1) is 11.9. The zero-order chi connectivity index (χ0) is 18.0. The third-order valence-corrected chi connectivity index (χ3v) is 4.99. The Morgan fingerprint density at radius 2 is 1.80 bits per heavy atom. The summed E-state index contributed by atoms with van der Waals surface area (Å²) in [5, 5.41) is 0. The molecule has 3 rings (SSSR count). The van der Waals surface area contributed by atoms with Crippen LogP contribution in [0.2, 0.25) is 0 Å². The van der Waals surface area contributed by atoms with Gasteiger partial charge < -0.3 is 14.5 Å². The van der Waals surface area contributed by atoms with Crippen LogP contribution in [0.25, 0.3) is 0 Å². The predicted molar refractivity (Wildman–Crippen MR) is 98.0 cm³/mol. The normalized spacial score (nSPS) is 24.7. The van der Waals surface area contributed by atoms with Gasteiger partial charge in [0.1, 0.15) is 5.69 Å². The maximum atomic E-state index is 13.1. The van der Waals surface area contributed by atoms with Crippen LogP contribution in [0.15, 0.2) is 6.07 Å². The highest BCUT2D eigenvalue weighted by atomic mass is 16.5. The minimum Gasteiger partial charge on any atom is -0.378 e. The quantitative estimate of drug-likeness (QED) is 0.842. The van der Waals surface area contributed by atoms with E-state index >= 15 is 0 Å². The molecule has 2 fully saturated rings. The summed E-state index contributed by atoms with van der Waals surface area (Å²) in [6, 6.07) is 1.88. The van der Waals surface area contributed by atoms with Crippen molar-refractivity contribution in [3.05, 3.63) is 17.5 Å². The predicted octanol–water partition coefficient (Wildman–Crippen LogP) is 2.55. The summed E-state index contributed by atoms with van der Waals surface area (Å²) in [4.78, 5) is 26.5. The SMILES string of the molecule is CC(C)c1cc(C(=O)N2C[C@@H](C)C[C@H](C)C2)nc(N2CCOCC2)n1. The Hall–Kier alpha value is -1.69. The monoisotopic (exact) mass is 346 g/mol. The molecule has 2 atom stereocenters. The Kier molecular flexibility index (Phi) is 5.57. The Morgan fingerprint density at radius 1 is 1.16 bits per heavy atom. The lowest BCUT2D eigenvalue weighted by Gasteiger charge is -2.35. The van der Waals surface area contributed by atoms with E-state index in [0.29, 0.717) is 36.7 Å². The molecule has 1 aromatic heterocycles. The number of anilines is 1. The smallest absolute Gasteiger partial charge is 0.272 e. The van der Waals surface area contributed by atoms with E-state index in [0.717, 1.165) is 31.9 Å². The molecule has 1 aromatic rings. The van der Waals surface area contributed by atoms with Crippen LogP contribution in [0.4, 0.5) is 5.95 Å². The van der Waals surface area contributed by atoms with Crippen molar-refractivity contribution >= 4 is 11.9 Å². The molecule has 138 valence electrons. The average Bonchev–Trinajstić information content (AvgIpc) is 2.60. The van der Waals surface area contributed by atoms with Crippen molar-refractivity contribution in [1.82, 2.24) is 14.9 Å². The fraction of sp³-hybridized carbons (Fsp3) is 0.737. The molecule has 25 heavy (non-hydrogen) atoms. The Labute approximate surface area is 150 Å². The second-order valence-corrected chi connectivity index (χ2v) is 7.89. The number of amides is 1. The van der Waals surface area contributed by atoms with Gasteiger partial charge in [-0.25, -0.2) is 9.97 Å². The van der Waals surface area contributed by atoms with Crippen molar-refractivity contribution in [1.29, 1.82) is 0 Å². The van der Waals surface area contributed by atoms with E-state index in [4.69, 9.17) is 9.72 Å². The standard InChI is InChI=1S/C19H30N4O2/c1-13(2)16-10-17(18(24)23-11-14(3)9-15(4)12-23)21-19(20-16)22-5-7-25-8-6-22/h10,13-15H,5-9,11-12H2,1-4H3/t14-,15-/m0/s1. The van der Waals surface area contributed by atoms with Gasteiger partial charge in [0.25, 0.3) is 5.91 Å². The molecule has 0 N–H and O–H groups in total. The maximum Gasteiger partial charge on any atom is 0.272 e. The molecular formula is C19H30N4O2. The molecule has 2 aliphatic heterocycles. The van der Waals surface area contributed by atoms with Gasteiger partial charge in [-0.15, -0.1) is 0 Å². The van der Waals surface area contributed by atoms with Crippen molar-refractivity contribution in [2.24, 2.45) is 11.8 Å². The first-order valence-electron chi connectivity index (χ1n) is 9.45. The van der Waals surface area contributed by atoms with Crippen LogP contribution in [0, 0.1) is 11.8 Å². The van der Waals surface area contributed by atoms with E-state index in [-0.39, 0.29) is 11.8 Å². The molecule has 0 bridgehead atoms. The molecule has 6 nitrogen and oxygen atoms in total. The van der Waals surface area contributed by atoms with E-state index in [1.54, 1.807) is 0 Å². The first-order valence-corrected chi connectivity index (χ1v) is 9.45. The summed E-state index contributed by atoms with van der Waals surface area (Å²) < 4.78 is 5.42. The number of piperidine rings is 1.